The Morgan fingerprint density at radius 2 is 2.00 bits per heavy atom. The van der Waals surface area contributed by atoms with Gasteiger partial charge in [-0.1, -0.05) is 0 Å². The van der Waals surface area contributed by atoms with E-state index >= 15 is 0 Å². The third-order valence-electron chi connectivity index (χ3n) is 2.00. The van der Waals surface area contributed by atoms with E-state index in [1.54, 1.807) is 6.92 Å². The molecule has 16 heavy (non-hydrogen) atoms. The van der Waals surface area contributed by atoms with Gasteiger partial charge in [0.1, 0.15) is 6.04 Å². The number of aliphatic hydroxyl groups excluding tert-OH is 1. The van der Waals surface area contributed by atoms with Crippen LogP contribution in [0.25, 0.3) is 0 Å². The molecule has 0 spiro atoms. The van der Waals surface area contributed by atoms with Gasteiger partial charge in [-0.15, -0.1) is 0 Å². The first-order valence-corrected chi connectivity index (χ1v) is 5.32. The number of aliphatic carboxylic acids is 1. The molecule has 2 atom stereocenters. The molecule has 0 heterocycles. The lowest BCUT2D eigenvalue weighted by Crippen LogP contribution is -2.46. The molecule has 0 rings (SSSR count). The predicted molar refractivity (Wildman–Crippen MR) is 59.0 cm³/mol. The maximum absolute atomic E-state index is 10.7. The molecule has 0 aromatic heterocycles. The van der Waals surface area contributed by atoms with Gasteiger partial charge in [0.2, 0.25) is 5.91 Å². The van der Waals surface area contributed by atoms with Crippen molar-refractivity contribution in [2.24, 2.45) is 0 Å². The zero-order chi connectivity index (χ0) is 12.6. The predicted octanol–water partition coefficient (Wildman–Crippen LogP) is -0.674. The lowest BCUT2D eigenvalue weighted by molar-refractivity contribution is -0.141. The molecule has 0 aliphatic carbocycles. The number of carboxylic acid groups (broad SMARTS) is 1. The summed E-state index contributed by atoms with van der Waals surface area (Å²) in [4.78, 5) is 21.4. The van der Waals surface area contributed by atoms with E-state index in [2.05, 4.69) is 10.6 Å². The summed E-state index contributed by atoms with van der Waals surface area (Å²) in [6, 6.07) is -0.899. The Kier molecular flexibility index (Phi) is 7.49. The summed E-state index contributed by atoms with van der Waals surface area (Å²) in [5.41, 5.74) is 0. The van der Waals surface area contributed by atoms with Crippen LogP contribution in [0.4, 0.5) is 0 Å². The molecule has 0 fully saturated rings. The molecule has 2 unspecified atom stereocenters. The molecule has 0 aromatic rings. The average molecular weight is 232 g/mol. The number of hydrogen-bond donors (Lipinski definition) is 4. The summed E-state index contributed by atoms with van der Waals surface area (Å²) in [7, 11) is 0. The number of carboxylic acids is 1. The highest BCUT2D eigenvalue weighted by molar-refractivity contribution is 5.82. The zero-order valence-corrected chi connectivity index (χ0v) is 9.69. The summed E-state index contributed by atoms with van der Waals surface area (Å²) in [5.74, 6) is -1.42. The molecule has 0 saturated carbocycles. The summed E-state index contributed by atoms with van der Waals surface area (Å²) in [6.45, 7) is 3.80. The van der Waals surface area contributed by atoms with Crippen molar-refractivity contribution in [3.8, 4) is 0 Å². The van der Waals surface area contributed by atoms with E-state index in [-0.39, 0.29) is 18.6 Å². The van der Waals surface area contributed by atoms with Crippen LogP contribution in [0.5, 0.6) is 0 Å². The maximum atomic E-state index is 10.7. The van der Waals surface area contributed by atoms with Crippen LogP contribution in [0, 0.1) is 0 Å². The number of hydrogen-bond acceptors (Lipinski definition) is 4. The molecule has 1 amide bonds. The van der Waals surface area contributed by atoms with Crippen molar-refractivity contribution in [2.45, 2.75) is 38.8 Å². The van der Waals surface area contributed by atoms with E-state index in [1.807, 2.05) is 0 Å². The van der Waals surface area contributed by atoms with Crippen LogP contribution in [-0.4, -0.2) is 47.3 Å². The topological polar surface area (TPSA) is 98.7 Å². The molecule has 94 valence electrons. The van der Waals surface area contributed by atoms with Crippen LogP contribution in [0.15, 0.2) is 0 Å². The van der Waals surface area contributed by atoms with E-state index in [1.165, 1.54) is 6.92 Å². The lowest BCUT2D eigenvalue weighted by atomic mass is 10.2. The molecule has 0 aromatic carbocycles. The Morgan fingerprint density at radius 1 is 1.38 bits per heavy atom. The van der Waals surface area contributed by atoms with Crippen molar-refractivity contribution in [1.82, 2.24) is 10.6 Å². The van der Waals surface area contributed by atoms with Gasteiger partial charge in [-0.2, -0.15) is 0 Å². The van der Waals surface area contributed by atoms with E-state index in [0.717, 1.165) is 6.42 Å². The molecule has 6 heteroatoms. The van der Waals surface area contributed by atoms with Crippen molar-refractivity contribution in [3.05, 3.63) is 0 Å². The molecule has 0 aliphatic rings. The molecule has 0 aliphatic heterocycles. The van der Waals surface area contributed by atoms with Crippen LogP contribution in [0.1, 0.15) is 26.7 Å². The second kappa shape index (κ2) is 8.06. The summed E-state index contributed by atoms with van der Waals surface area (Å²) in [5, 5.41) is 23.0. The lowest BCUT2D eigenvalue weighted by Gasteiger charge is -2.14. The molecule has 0 radical (unpaired) electrons. The average Bonchev–Trinajstić information content (AvgIpc) is 2.14. The fraction of sp³-hybridized carbons (Fsp3) is 0.800. The highest BCUT2D eigenvalue weighted by Gasteiger charge is 2.17. The van der Waals surface area contributed by atoms with E-state index in [9.17, 15) is 9.59 Å². The monoisotopic (exact) mass is 232 g/mol. The van der Waals surface area contributed by atoms with Crippen molar-refractivity contribution in [2.75, 3.05) is 13.1 Å². The zero-order valence-electron chi connectivity index (χ0n) is 9.69. The van der Waals surface area contributed by atoms with Gasteiger partial charge in [0, 0.05) is 13.5 Å². The van der Waals surface area contributed by atoms with Gasteiger partial charge < -0.3 is 20.8 Å². The minimum absolute atomic E-state index is 0.189. The van der Waals surface area contributed by atoms with Crippen LogP contribution < -0.4 is 10.6 Å². The van der Waals surface area contributed by atoms with E-state index in [4.69, 9.17) is 10.2 Å². The SMILES string of the molecule is CC(=O)NC(CNCCCC(C)O)C(=O)O. The second-order valence-electron chi connectivity index (χ2n) is 3.79. The molecule has 0 saturated heterocycles. The van der Waals surface area contributed by atoms with Crippen LogP contribution >= 0.6 is 0 Å². The second-order valence-corrected chi connectivity index (χ2v) is 3.79. The van der Waals surface area contributed by atoms with Crippen LogP contribution in [0.3, 0.4) is 0 Å². The first-order valence-electron chi connectivity index (χ1n) is 5.32. The number of amides is 1. The highest BCUT2D eigenvalue weighted by Crippen LogP contribution is 1.93. The van der Waals surface area contributed by atoms with Crippen molar-refractivity contribution < 1.29 is 19.8 Å². The Bertz CT molecular complexity index is 231. The van der Waals surface area contributed by atoms with Gasteiger partial charge in [-0.05, 0) is 26.3 Å². The fourth-order valence-electron chi connectivity index (χ4n) is 1.21. The standard InChI is InChI=1S/C10H20N2O4/c1-7(13)4-3-5-11-6-9(10(15)16)12-8(2)14/h7,9,11,13H,3-6H2,1-2H3,(H,12,14)(H,15,16). The first kappa shape index (κ1) is 14.9. The van der Waals surface area contributed by atoms with Gasteiger partial charge >= 0.3 is 5.97 Å². The smallest absolute Gasteiger partial charge is 0.327 e. The van der Waals surface area contributed by atoms with Crippen LogP contribution in [-0.2, 0) is 9.59 Å². The quantitative estimate of drug-likeness (QED) is 0.416. The molecule has 4 N–H and O–H groups in total. The first-order chi connectivity index (χ1) is 7.43. The maximum Gasteiger partial charge on any atom is 0.327 e. The minimum Gasteiger partial charge on any atom is -0.480 e. The van der Waals surface area contributed by atoms with Gasteiger partial charge in [-0.25, -0.2) is 4.79 Å². The largest absolute Gasteiger partial charge is 0.480 e. The minimum atomic E-state index is -1.06. The Hall–Kier alpha value is -1.14. The van der Waals surface area contributed by atoms with Crippen molar-refractivity contribution in [3.63, 3.8) is 0 Å². The summed E-state index contributed by atoms with van der Waals surface area (Å²) < 4.78 is 0. The third kappa shape index (κ3) is 8.19. The summed E-state index contributed by atoms with van der Waals surface area (Å²) in [6.07, 6.45) is 1.10. The number of aliphatic hydroxyl groups is 1. The van der Waals surface area contributed by atoms with Gasteiger partial charge in [0.15, 0.2) is 0 Å². The number of rotatable bonds is 8. The van der Waals surface area contributed by atoms with E-state index < -0.39 is 12.0 Å². The summed E-state index contributed by atoms with van der Waals surface area (Å²) >= 11 is 0. The highest BCUT2D eigenvalue weighted by atomic mass is 16.4. The normalized spacial score (nSPS) is 14.2. The third-order valence-corrected chi connectivity index (χ3v) is 2.00. The number of nitrogens with one attached hydrogen (secondary N) is 2. The number of carbonyl (C=O) groups is 2. The molecule has 0 bridgehead atoms. The fourth-order valence-corrected chi connectivity index (χ4v) is 1.21. The Labute approximate surface area is 95.0 Å². The van der Waals surface area contributed by atoms with Crippen molar-refractivity contribution >= 4 is 11.9 Å². The van der Waals surface area contributed by atoms with E-state index in [0.29, 0.717) is 13.0 Å². The van der Waals surface area contributed by atoms with Gasteiger partial charge in [-0.3, -0.25) is 4.79 Å². The van der Waals surface area contributed by atoms with Crippen molar-refractivity contribution in [1.29, 1.82) is 0 Å². The molecule has 6 nitrogen and oxygen atoms in total. The van der Waals surface area contributed by atoms with Crippen LogP contribution in [0.2, 0.25) is 0 Å². The van der Waals surface area contributed by atoms with Gasteiger partial charge in [0.25, 0.3) is 0 Å². The van der Waals surface area contributed by atoms with Gasteiger partial charge in [0.05, 0.1) is 6.10 Å². The Balaban J connectivity index is 3.69. The Morgan fingerprint density at radius 3 is 2.44 bits per heavy atom. The number of carbonyl (C=O) groups excluding carboxylic acids is 1. The molecular weight excluding hydrogens is 212 g/mol. The molecular formula is C10H20N2O4.